The van der Waals surface area contributed by atoms with Gasteiger partial charge in [0, 0.05) is 25.5 Å². The number of nitrogens with two attached hydrogens (primary N) is 1. The van der Waals surface area contributed by atoms with Crippen LogP contribution in [0.3, 0.4) is 0 Å². The van der Waals surface area contributed by atoms with Crippen molar-refractivity contribution in [1.29, 1.82) is 0 Å². The second kappa shape index (κ2) is 6.19. The number of hydrogen-bond donors (Lipinski definition) is 2. The van der Waals surface area contributed by atoms with E-state index < -0.39 is 10.0 Å². The average molecular weight is 266 g/mol. The number of amides is 1. The fourth-order valence-corrected chi connectivity index (χ4v) is 1.78. The Kier molecular flexibility index (Phi) is 4.89. The highest BCUT2D eigenvalue weighted by Crippen LogP contribution is 2.08. The van der Waals surface area contributed by atoms with Crippen molar-refractivity contribution < 1.29 is 13.2 Å². The summed E-state index contributed by atoms with van der Waals surface area (Å²) in [5, 5.41) is 7.62. The summed E-state index contributed by atoms with van der Waals surface area (Å²) in [5.74, 6) is 5.54. The van der Waals surface area contributed by atoms with Crippen molar-refractivity contribution >= 4 is 15.9 Å². The van der Waals surface area contributed by atoms with Crippen LogP contribution in [0.5, 0.6) is 0 Å². The maximum atomic E-state index is 11.1. The van der Waals surface area contributed by atoms with Crippen molar-refractivity contribution in [2.24, 2.45) is 5.14 Å². The first-order valence-electron chi connectivity index (χ1n) is 5.26. The van der Waals surface area contributed by atoms with Crippen LogP contribution in [-0.2, 0) is 14.8 Å². The Bertz CT molecular complexity index is 597. The maximum Gasteiger partial charge on any atom is 0.238 e. The summed E-state index contributed by atoms with van der Waals surface area (Å²) in [5.41, 5.74) is 0.573. The van der Waals surface area contributed by atoms with Crippen LogP contribution in [0, 0.1) is 11.8 Å². The lowest BCUT2D eigenvalue weighted by atomic mass is 10.2. The molecule has 1 aromatic carbocycles. The molecule has 5 nitrogen and oxygen atoms in total. The number of carbonyl (C=O) groups is 1. The molecule has 3 N–H and O–H groups in total. The van der Waals surface area contributed by atoms with Gasteiger partial charge in [0.2, 0.25) is 15.9 Å². The summed E-state index contributed by atoms with van der Waals surface area (Å²) < 4.78 is 22.2. The third-order valence-electron chi connectivity index (χ3n) is 2.02. The quantitative estimate of drug-likeness (QED) is 0.605. The lowest BCUT2D eigenvalue weighted by Gasteiger charge is -1.98. The van der Waals surface area contributed by atoms with Crippen LogP contribution in [0.25, 0.3) is 0 Å². The Morgan fingerprint density at radius 1 is 1.44 bits per heavy atom. The molecule has 0 bridgehead atoms. The van der Waals surface area contributed by atoms with E-state index in [-0.39, 0.29) is 10.8 Å². The van der Waals surface area contributed by atoms with E-state index in [1.165, 1.54) is 19.1 Å². The molecule has 0 aromatic heterocycles. The molecule has 1 rings (SSSR count). The minimum atomic E-state index is -3.70. The molecule has 0 aliphatic rings. The summed E-state index contributed by atoms with van der Waals surface area (Å²) in [4.78, 5) is 10.6. The van der Waals surface area contributed by atoms with Crippen molar-refractivity contribution in [3.8, 4) is 11.8 Å². The predicted octanol–water partition coefficient (Wildman–Crippen LogP) is 0.212. The molecule has 0 radical (unpaired) electrons. The molecule has 0 heterocycles. The highest BCUT2D eigenvalue weighted by molar-refractivity contribution is 7.89. The van der Waals surface area contributed by atoms with Gasteiger partial charge < -0.3 is 5.32 Å². The first kappa shape index (κ1) is 14.2. The van der Waals surface area contributed by atoms with E-state index in [0.717, 1.165) is 0 Å². The first-order chi connectivity index (χ1) is 8.39. The van der Waals surface area contributed by atoms with Gasteiger partial charge in [0.15, 0.2) is 0 Å². The fourth-order valence-electron chi connectivity index (χ4n) is 1.22. The Morgan fingerprint density at radius 3 is 2.78 bits per heavy atom. The van der Waals surface area contributed by atoms with E-state index in [1.54, 1.807) is 12.1 Å². The molecule has 0 unspecified atom stereocenters. The number of hydrogen-bond acceptors (Lipinski definition) is 3. The van der Waals surface area contributed by atoms with Gasteiger partial charge in [-0.3, -0.25) is 4.79 Å². The van der Waals surface area contributed by atoms with Crippen molar-refractivity contribution in [1.82, 2.24) is 5.32 Å². The number of nitrogens with one attached hydrogen (secondary N) is 1. The number of sulfonamides is 1. The number of carbonyl (C=O) groups excluding carboxylic acids is 1. The van der Waals surface area contributed by atoms with Gasteiger partial charge in [-0.15, -0.1) is 0 Å². The van der Waals surface area contributed by atoms with Crippen LogP contribution >= 0.6 is 0 Å². The fraction of sp³-hybridized carbons (Fsp3) is 0.250. The molecule has 18 heavy (non-hydrogen) atoms. The minimum absolute atomic E-state index is 0.0381. The normalized spacial score (nSPS) is 10.3. The smallest absolute Gasteiger partial charge is 0.238 e. The van der Waals surface area contributed by atoms with E-state index in [9.17, 15) is 13.2 Å². The van der Waals surface area contributed by atoms with Crippen LogP contribution in [0.4, 0.5) is 0 Å². The first-order valence-corrected chi connectivity index (χ1v) is 6.80. The Labute approximate surface area is 106 Å². The summed E-state index contributed by atoms with van der Waals surface area (Å²) in [6.45, 7) is 1.90. The van der Waals surface area contributed by atoms with Crippen LogP contribution < -0.4 is 10.5 Å². The standard InChI is InChI=1S/C12H14N2O3S/c1-10(15)14-8-3-2-5-11-6-4-7-12(9-11)18(13,16)17/h4,6-7,9H,3,8H2,1H3,(H,14,15)(H2,13,16,17). The molecule has 0 spiro atoms. The molecule has 1 amide bonds. The topological polar surface area (TPSA) is 89.3 Å². The molecule has 0 aliphatic carbocycles. The molecule has 0 aliphatic heterocycles. The molecule has 0 saturated heterocycles. The predicted molar refractivity (Wildman–Crippen MR) is 68.0 cm³/mol. The average Bonchev–Trinajstić information content (AvgIpc) is 2.27. The van der Waals surface area contributed by atoms with E-state index in [2.05, 4.69) is 17.2 Å². The Morgan fingerprint density at radius 2 is 2.17 bits per heavy atom. The zero-order valence-corrected chi connectivity index (χ0v) is 10.8. The largest absolute Gasteiger partial charge is 0.355 e. The molecule has 0 saturated carbocycles. The number of rotatable bonds is 3. The zero-order valence-electron chi connectivity index (χ0n) is 9.93. The number of benzene rings is 1. The van der Waals surface area contributed by atoms with Crippen LogP contribution in [0.1, 0.15) is 18.9 Å². The van der Waals surface area contributed by atoms with Gasteiger partial charge in [-0.05, 0) is 18.2 Å². The molecular weight excluding hydrogens is 252 g/mol. The van der Waals surface area contributed by atoms with Gasteiger partial charge in [-0.25, -0.2) is 13.6 Å². The summed E-state index contributed by atoms with van der Waals surface area (Å²) >= 11 is 0. The van der Waals surface area contributed by atoms with E-state index in [0.29, 0.717) is 18.5 Å². The van der Waals surface area contributed by atoms with Crippen molar-refractivity contribution in [2.75, 3.05) is 6.54 Å². The third kappa shape index (κ3) is 4.99. The van der Waals surface area contributed by atoms with Crippen LogP contribution in [-0.4, -0.2) is 20.9 Å². The Hall–Kier alpha value is -1.84. The molecule has 0 fully saturated rings. The second-order valence-corrected chi connectivity index (χ2v) is 5.17. The highest BCUT2D eigenvalue weighted by Gasteiger charge is 2.06. The van der Waals surface area contributed by atoms with Crippen LogP contribution in [0.15, 0.2) is 29.2 Å². The van der Waals surface area contributed by atoms with Crippen molar-refractivity contribution in [3.05, 3.63) is 29.8 Å². The summed E-state index contributed by atoms with van der Waals surface area (Å²) in [6, 6.07) is 6.11. The van der Waals surface area contributed by atoms with Gasteiger partial charge in [0.1, 0.15) is 0 Å². The number of primary sulfonamides is 1. The molecule has 1 aromatic rings. The lowest BCUT2D eigenvalue weighted by molar-refractivity contribution is -0.118. The third-order valence-corrected chi connectivity index (χ3v) is 2.93. The summed E-state index contributed by atoms with van der Waals surface area (Å²) in [7, 11) is -3.70. The molecule has 0 atom stereocenters. The lowest BCUT2D eigenvalue weighted by Crippen LogP contribution is -2.20. The molecular formula is C12H14N2O3S. The van der Waals surface area contributed by atoms with Gasteiger partial charge in [0.05, 0.1) is 4.90 Å². The molecule has 96 valence electrons. The SMILES string of the molecule is CC(=O)NCCC#Cc1cccc(S(N)(=O)=O)c1. The molecule has 6 heteroatoms. The van der Waals surface area contributed by atoms with Crippen molar-refractivity contribution in [2.45, 2.75) is 18.2 Å². The van der Waals surface area contributed by atoms with Gasteiger partial charge in [0.25, 0.3) is 0 Å². The van der Waals surface area contributed by atoms with Gasteiger partial charge in [-0.1, -0.05) is 17.9 Å². The van der Waals surface area contributed by atoms with E-state index in [1.807, 2.05) is 0 Å². The van der Waals surface area contributed by atoms with Gasteiger partial charge >= 0.3 is 0 Å². The zero-order chi connectivity index (χ0) is 13.6. The highest BCUT2D eigenvalue weighted by atomic mass is 32.2. The van der Waals surface area contributed by atoms with Crippen LogP contribution in [0.2, 0.25) is 0 Å². The Balaban J connectivity index is 2.69. The second-order valence-electron chi connectivity index (χ2n) is 3.61. The summed E-state index contributed by atoms with van der Waals surface area (Å²) in [6.07, 6.45) is 0.499. The minimum Gasteiger partial charge on any atom is -0.355 e. The van der Waals surface area contributed by atoms with E-state index >= 15 is 0 Å². The van der Waals surface area contributed by atoms with E-state index in [4.69, 9.17) is 5.14 Å². The monoisotopic (exact) mass is 266 g/mol. The maximum absolute atomic E-state index is 11.1. The van der Waals surface area contributed by atoms with Crippen molar-refractivity contribution in [3.63, 3.8) is 0 Å². The van der Waals surface area contributed by atoms with Gasteiger partial charge in [-0.2, -0.15) is 0 Å².